The minimum absolute atomic E-state index is 0.177. The number of aromatic nitrogens is 2. The van der Waals surface area contributed by atoms with Crippen molar-refractivity contribution in [2.24, 2.45) is 5.73 Å². The van der Waals surface area contributed by atoms with Gasteiger partial charge in [0.2, 0.25) is 0 Å². The van der Waals surface area contributed by atoms with Gasteiger partial charge in [0.05, 0.1) is 5.69 Å². The van der Waals surface area contributed by atoms with Crippen LogP contribution in [0.2, 0.25) is 0 Å². The van der Waals surface area contributed by atoms with E-state index in [0.717, 1.165) is 0 Å². The standard InChI is InChI=1S/C8H11N3O2/c1-8(9,7(12)13)4-6-5-10-2-3-11-6/h2-3,5H,4,9H2,1H3,(H,12,13). The molecule has 0 saturated heterocycles. The highest BCUT2D eigenvalue weighted by atomic mass is 16.4. The van der Waals surface area contributed by atoms with E-state index in [1.54, 1.807) is 0 Å². The lowest BCUT2D eigenvalue weighted by molar-refractivity contribution is -0.142. The van der Waals surface area contributed by atoms with E-state index in [2.05, 4.69) is 9.97 Å². The third-order valence-corrected chi connectivity index (χ3v) is 1.65. The summed E-state index contributed by atoms with van der Waals surface area (Å²) >= 11 is 0. The van der Waals surface area contributed by atoms with Gasteiger partial charge in [-0.3, -0.25) is 14.8 Å². The van der Waals surface area contributed by atoms with Crippen LogP contribution in [0, 0.1) is 0 Å². The van der Waals surface area contributed by atoms with Gasteiger partial charge in [-0.25, -0.2) is 0 Å². The van der Waals surface area contributed by atoms with E-state index in [-0.39, 0.29) is 6.42 Å². The number of hydrogen-bond acceptors (Lipinski definition) is 4. The SMILES string of the molecule is CC(N)(Cc1cnccn1)C(=O)O. The number of carbonyl (C=O) groups is 1. The van der Waals surface area contributed by atoms with E-state index in [1.165, 1.54) is 25.5 Å². The first-order valence-electron chi connectivity index (χ1n) is 3.79. The summed E-state index contributed by atoms with van der Waals surface area (Å²) in [6.45, 7) is 1.45. The van der Waals surface area contributed by atoms with Crippen molar-refractivity contribution < 1.29 is 9.90 Å². The largest absolute Gasteiger partial charge is 0.480 e. The molecule has 0 aliphatic heterocycles. The molecule has 3 N–H and O–H groups in total. The van der Waals surface area contributed by atoms with Gasteiger partial charge in [0.15, 0.2) is 0 Å². The van der Waals surface area contributed by atoms with Crippen molar-refractivity contribution in [3.63, 3.8) is 0 Å². The van der Waals surface area contributed by atoms with Gasteiger partial charge in [0.25, 0.3) is 0 Å². The van der Waals surface area contributed by atoms with Gasteiger partial charge in [-0.2, -0.15) is 0 Å². The second kappa shape index (κ2) is 3.49. The first-order chi connectivity index (χ1) is 6.02. The molecule has 5 nitrogen and oxygen atoms in total. The molecule has 1 heterocycles. The highest BCUT2D eigenvalue weighted by Crippen LogP contribution is 2.07. The third-order valence-electron chi connectivity index (χ3n) is 1.65. The van der Waals surface area contributed by atoms with Gasteiger partial charge in [-0.1, -0.05) is 0 Å². The van der Waals surface area contributed by atoms with E-state index >= 15 is 0 Å². The van der Waals surface area contributed by atoms with Crippen molar-refractivity contribution in [2.45, 2.75) is 18.9 Å². The summed E-state index contributed by atoms with van der Waals surface area (Å²) in [6.07, 6.45) is 4.72. The molecule has 5 heteroatoms. The molecule has 13 heavy (non-hydrogen) atoms. The van der Waals surface area contributed by atoms with Crippen molar-refractivity contribution >= 4 is 5.97 Å². The smallest absolute Gasteiger partial charge is 0.323 e. The summed E-state index contributed by atoms with van der Waals surface area (Å²) in [5.41, 5.74) is 4.82. The number of carboxylic acid groups (broad SMARTS) is 1. The van der Waals surface area contributed by atoms with Crippen LogP contribution >= 0.6 is 0 Å². The minimum atomic E-state index is -1.28. The fourth-order valence-corrected chi connectivity index (χ4v) is 0.873. The zero-order valence-electron chi connectivity index (χ0n) is 7.27. The number of hydrogen-bond donors (Lipinski definition) is 2. The summed E-state index contributed by atoms with van der Waals surface area (Å²) in [4.78, 5) is 18.4. The Balaban J connectivity index is 2.75. The molecule has 70 valence electrons. The maximum Gasteiger partial charge on any atom is 0.323 e. The van der Waals surface area contributed by atoms with Crippen molar-refractivity contribution in [3.8, 4) is 0 Å². The lowest BCUT2D eigenvalue weighted by Crippen LogP contribution is -2.47. The normalized spacial score (nSPS) is 14.9. The van der Waals surface area contributed by atoms with Crippen LogP contribution in [0.25, 0.3) is 0 Å². The molecule has 1 unspecified atom stereocenters. The average Bonchev–Trinajstić information content (AvgIpc) is 2.05. The Morgan fingerprint density at radius 3 is 2.85 bits per heavy atom. The van der Waals surface area contributed by atoms with E-state index < -0.39 is 11.5 Å². The topological polar surface area (TPSA) is 89.1 Å². The molecule has 0 bridgehead atoms. The number of nitrogens with zero attached hydrogens (tertiary/aromatic N) is 2. The first kappa shape index (κ1) is 9.60. The Bertz CT molecular complexity index is 298. The molecule has 1 atom stereocenters. The number of nitrogens with two attached hydrogens (primary N) is 1. The molecule has 0 saturated carbocycles. The molecule has 0 spiro atoms. The van der Waals surface area contributed by atoms with Gasteiger partial charge in [-0.15, -0.1) is 0 Å². The van der Waals surface area contributed by atoms with Crippen LogP contribution < -0.4 is 5.73 Å². The molecule has 1 rings (SSSR count). The van der Waals surface area contributed by atoms with Crippen LogP contribution in [0.3, 0.4) is 0 Å². The van der Waals surface area contributed by atoms with Crippen LogP contribution in [-0.4, -0.2) is 26.6 Å². The molecule has 0 fully saturated rings. The second-order valence-corrected chi connectivity index (χ2v) is 3.10. The number of aliphatic carboxylic acids is 1. The third kappa shape index (κ3) is 2.48. The molecule has 0 aromatic carbocycles. The molecule has 0 radical (unpaired) electrons. The monoisotopic (exact) mass is 181 g/mol. The zero-order chi connectivity index (χ0) is 9.90. The summed E-state index contributed by atoms with van der Waals surface area (Å²) in [5, 5.41) is 8.73. The van der Waals surface area contributed by atoms with Gasteiger partial charge >= 0.3 is 5.97 Å². The molecule has 0 aliphatic rings. The summed E-state index contributed by atoms with van der Waals surface area (Å²) < 4.78 is 0. The van der Waals surface area contributed by atoms with Gasteiger partial charge in [0.1, 0.15) is 5.54 Å². The lowest BCUT2D eigenvalue weighted by atomic mass is 9.98. The highest BCUT2D eigenvalue weighted by molar-refractivity contribution is 5.78. The van der Waals surface area contributed by atoms with Crippen LogP contribution in [0.15, 0.2) is 18.6 Å². The highest BCUT2D eigenvalue weighted by Gasteiger charge is 2.28. The minimum Gasteiger partial charge on any atom is -0.480 e. The Morgan fingerprint density at radius 1 is 1.69 bits per heavy atom. The predicted molar refractivity (Wildman–Crippen MR) is 46.0 cm³/mol. The van der Waals surface area contributed by atoms with Crippen LogP contribution in [0.1, 0.15) is 12.6 Å². The molecule has 1 aromatic heterocycles. The average molecular weight is 181 g/mol. The second-order valence-electron chi connectivity index (χ2n) is 3.10. The van der Waals surface area contributed by atoms with Crippen LogP contribution in [0.5, 0.6) is 0 Å². The Hall–Kier alpha value is -1.49. The quantitative estimate of drug-likeness (QED) is 0.675. The van der Waals surface area contributed by atoms with Crippen molar-refractivity contribution in [1.29, 1.82) is 0 Å². The van der Waals surface area contributed by atoms with E-state index in [0.29, 0.717) is 5.69 Å². The summed E-state index contributed by atoms with van der Waals surface area (Å²) in [6, 6.07) is 0. The van der Waals surface area contributed by atoms with Gasteiger partial charge in [0, 0.05) is 25.0 Å². The maximum atomic E-state index is 10.7. The van der Waals surface area contributed by atoms with Crippen LogP contribution in [-0.2, 0) is 11.2 Å². The van der Waals surface area contributed by atoms with Crippen molar-refractivity contribution in [1.82, 2.24) is 9.97 Å². The van der Waals surface area contributed by atoms with Crippen molar-refractivity contribution in [3.05, 3.63) is 24.3 Å². The predicted octanol–water partition coefficient (Wildman–Crippen LogP) is -0.179. The number of rotatable bonds is 3. The fourth-order valence-electron chi connectivity index (χ4n) is 0.873. The summed E-state index contributed by atoms with van der Waals surface area (Å²) in [7, 11) is 0. The summed E-state index contributed by atoms with van der Waals surface area (Å²) in [5.74, 6) is -1.04. The van der Waals surface area contributed by atoms with Crippen molar-refractivity contribution in [2.75, 3.05) is 0 Å². The van der Waals surface area contributed by atoms with Crippen LogP contribution in [0.4, 0.5) is 0 Å². The lowest BCUT2D eigenvalue weighted by Gasteiger charge is -2.17. The van der Waals surface area contributed by atoms with Gasteiger partial charge in [-0.05, 0) is 6.92 Å². The number of carboxylic acids is 1. The van der Waals surface area contributed by atoms with E-state index in [1.807, 2.05) is 0 Å². The zero-order valence-corrected chi connectivity index (χ0v) is 7.27. The molecule has 1 aromatic rings. The molecular formula is C8H11N3O2. The molecule has 0 amide bonds. The maximum absolute atomic E-state index is 10.7. The van der Waals surface area contributed by atoms with E-state index in [9.17, 15) is 4.79 Å². The molecular weight excluding hydrogens is 170 g/mol. The Kier molecular flexibility index (Phi) is 2.57. The first-order valence-corrected chi connectivity index (χ1v) is 3.79. The fraction of sp³-hybridized carbons (Fsp3) is 0.375. The Morgan fingerprint density at radius 2 is 2.38 bits per heavy atom. The molecule has 0 aliphatic carbocycles. The van der Waals surface area contributed by atoms with E-state index in [4.69, 9.17) is 10.8 Å². The Labute approximate surface area is 75.6 Å². The van der Waals surface area contributed by atoms with Gasteiger partial charge < -0.3 is 10.8 Å².